The summed E-state index contributed by atoms with van der Waals surface area (Å²) in [5, 5.41) is 0. The lowest BCUT2D eigenvalue weighted by molar-refractivity contribution is -0.147. The minimum atomic E-state index is -0.491. The summed E-state index contributed by atoms with van der Waals surface area (Å²) in [6.45, 7) is 6.75. The first-order valence-corrected chi connectivity index (χ1v) is 11.2. The molecule has 7 heteroatoms. The van der Waals surface area contributed by atoms with Crippen molar-refractivity contribution in [2.24, 2.45) is 11.8 Å². The molecule has 0 N–H and O–H groups in total. The zero-order chi connectivity index (χ0) is 25.5. The molecule has 0 saturated carbocycles. The third-order valence-corrected chi connectivity index (χ3v) is 4.89. The summed E-state index contributed by atoms with van der Waals surface area (Å²) in [5.74, 6) is 3.21. The normalized spacial score (nSPS) is 12.3. The van der Waals surface area contributed by atoms with E-state index in [0.29, 0.717) is 23.2 Å². The number of unbranched alkanes of at least 4 members (excludes halogenated alkanes) is 1. The second kappa shape index (κ2) is 15.3. The molecular formula is C27H33NO6. The van der Waals surface area contributed by atoms with Crippen LogP contribution < -0.4 is 4.74 Å². The number of hydrogen-bond acceptors (Lipinski definition) is 7. The largest absolute Gasteiger partial charge is 0.461 e. The fraction of sp³-hybridized carbons (Fsp3) is 0.481. The molecule has 0 aliphatic carbocycles. The first kappa shape index (κ1) is 28.5. The van der Waals surface area contributed by atoms with Gasteiger partial charge in [0.2, 0.25) is 0 Å². The average molecular weight is 468 g/mol. The number of terminal acetylenes is 2. The Morgan fingerprint density at radius 3 is 2.18 bits per heavy atom. The molecule has 34 heavy (non-hydrogen) atoms. The van der Waals surface area contributed by atoms with Crippen LogP contribution in [0.15, 0.2) is 18.3 Å². The predicted molar refractivity (Wildman–Crippen MR) is 128 cm³/mol. The van der Waals surface area contributed by atoms with Gasteiger partial charge in [-0.25, -0.2) is 0 Å². The molecule has 0 fully saturated rings. The smallest absolute Gasteiger partial charge is 0.311 e. The molecule has 182 valence electrons. The van der Waals surface area contributed by atoms with Gasteiger partial charge in [0.05, 0.1) is 18.5 Å². The van der Waals surface area contributed by atoms with Crippen molar-refractivity contribution in [3.05, 3.63) is 35.2 Å². The van der Waals surface area contributed by atoms with E-state index in [4.69, 9.17) is 27.1 Å². The summed E-state index contributed by atoms with van der Waals surface area (Å²) >= 11 is 0. The zero-order valence-electron chi connectivity index (χ0n) is 20.4. The van der Waals surface area contributed by atoms with Crippen molar-refractivity contribution in [3.8, 4) is 30.4 Å². The monoisotopic (exact) mass is 467 g/mol. The van der Waals surface area contributed by atoms with Gasteiger partial charge in [0, 0.05) is 35.6 Å². The first-order chi connectivity index (χ1) is 16.2. The van der Waals surface area contributed by atoms with Crippen LogP contribution in [0.3, 0.4) is 0 Å². The van der Waals surface area contributed by atoms with Crippen molar-refractivity contribution < 1.29 is 28.6 Å². The molecule has 7 nitrogen and oxygen atoms in total. The van der Waals surface area contributed by atoms with Gasteiger partial charge in [-0.15, -0.1) is 24.7 Å². The Morgan fingerprint density at radius 1 is 1.03 bits per heavy atom. The van der Waals surface area contributed by atoms with Crippen LogP contribution in [-0.4, -0.2) is 22.9 Å². The number of aryl methyl sites for hydroxylation is 1. The lowest BCUT2D eigenvalue weighted by atomic mass is 10.1. The number of hydrogen-bond donors (Lipinski definition) is 0. The molecule has 0 aromatic carbocycles. The van der Waals surface area contributed by atoms with Crippen LogP contribution in [0.25, 0.3) is 0 Å². The van der Waals surface area contributed by atoms with E-state index in [0.717, 1.165) is 6.42 Å². The number of carbonyl (C=O) groups is 3. The van der Waals surface area contributed by atoms with Crippen molar-refractivity contribution in [3.63, 3.8) is 0 Å². The van der Waals surface area contributed by atoms with Crippen molar-refractivity contribution in [1.82, 2.24) is 4.98 Å². The van der Waals surface area contributed by atoms with Crippen LogP contribution in [0, 0.1) is 43.4 Å². The minimum absolute atomic E-state index is 0.0505. The van der Waals surface area contributed by atoms with Gasteiger partial charge in [0.15, 0.2) is 5.75 Å². The SMILES string of the molecule is C#CC(C)CC(=O)OCc1cnc(C)c(OC(=O)CCC/C=C\C)c1COC(=O)CC(C)C#C. The second-order valence-corrected chi connectivity index (χ2v) is 7.98. The summed E-state index contributed by atoms with van der Waals surface area (Å²) in [6.07, 6.45) is 17.8. The van der Waals surface area contributed by atoms with Crippen LogP contribution in [-0.2, 0) is 37.1 Å². The van der Waals surface area contributed by atoms with E-state index in [1.807, 2.05) is 19.1 Å². The third kappa shape index (κ3) is 10.4. The van der Waals surface area contributed by atoms with E-state index in [9.17, 15) is 14.4 Å². The summed E-state index contributed by atoms with van der Waals surface area (Å²) in [7, 11) is 0. The Morgan fingerprint density at radius 2 is 1.62 bits per heavy atom. The van der Waals surface area contributed by atoms with Gasteiger partial charge >= 0.3 is 17.9 Å². The molecule has 0 bridgehead atoms. The molecule has 0 aliphatic rings. The molecule has 1 aromatic rings. The fourth-order valence-electron chi connectivity index (χ4n) is 2.84. The number of carbonyl (C=O) groups excluding carboxylic acids is 3. The van der Waals surface area contributed by atoms with E-state index in [2.05, 4.69) is 16.8 Å². The average Bonchev–Trinajstić information content (AvgIpc) is 2.81. The standard InChI is InChI=1S/C27H33NO6/c1-7-10-11-12-13-24(29)34-27-21(6)28-16-22(17-32-25(30)14-19(4)8-2)23(27)18-33-26(31)15-20(5)9-3/h2-3,7,10,16,19-20H,11-15,17-18H2,1,4-6H3/b10-7-. The maximum absolute atomic E-state index is 12.4. The van der Waals surface area contributed by atoms with Crippen LogP contribution >= 0.6 is 0 Å². The highest BCUT2D eigenvalue weighted by atomic mass is 16.5. The van der Waals surface area contributed by atoms with Gasteiger partial charge in [-0.05, 0) is 26.7 Å². The molecule has 1 heterocycles. The molecule has 0 spiro atoms. The molecule has 1 rings (SSSR count). The van der Waals surface area contributed by atoms with Crippen LogP contribution in [0.5, 0.6) is 5.75 Å². The van der Waals surface area contributed by atoms with E-state index < -0.39 is 17.9 Å². The third-order valence-electron chi connectivity index (χ3n) is 4.89. The number of nitrogens with zero attached hydrogens (tertiary/aromatic N) is 1. The van der Waals surface area contributed by atoms with E-state index >= 15 is 0 Å². The topological polar surface area (TPSA) is 91.8 Å². The predicted octanol–water partition coefficient (Wildman–Crippen LogP) is 4.45. The van der Waals surface area contributed by atoms with Gasteiger partial charge in [0.1, 0.15) is 13.2 Å². The molecular weight excluding hydrogens is 434 g/mol. The van der Waals surface area contributed by atoms with Crippen molar-refractivity contribution in [1.29, 1.82) is 0 Å². The second-order valence-electron chi connectivity index (χ2n) is 7.98. The first-order valence-electron chi connectivity index (χ1n) is 11.2. The molecule has 0 amide bonds. The molecule has 0 radical (unpaired) electrons. The van der Waals surface area contributed by atoms with Gasteiger partial charge in [-0.2, -0.15) is 0 Å². The fourth-order valence-corrected chi connectivity index (χ4v) is 2.84. The van der Waals surface area contributed by atoms with Gasteiger partial charge in [-0.1, -0.05) is 26.0 Å². The lowest BCUT2D eigenvalue weighted by Gasteiger charge is -2.17. The maximum Gasteiger partial charge on any atom is 0.311 e. The van der Waals surface area contributed by atoms with Crippen LogP contribution in [0.1, 0.15) is 69.7 Å². The maximum atomic E-state index is 12.4. The van der Waals surface area contributed by atoms with Gasteiger partial charge < -0.3 is 14.2 Å². The van der Waals surface area contributed by atoms with Crippen molar-refractivity contribution >= 4 is 17.9 Å². The zero-order valence-corrected chi connectivity index (χ0v) is 20.4. The van der Waals surface area contributed by atoms with Gasteiger partial charge in [0.25, 0.3) is 0 Å². The Balaban J connectivity index is 3.08. The highest BCUT2D eigenvalue weighted by molar-refractivity contribution is 5.74. The van der Waals surface area contributed by atoms with E-state index in [-0.39, 0.29) is 50.1 Å². The summed E-state index contributed by atoms with van der Waals surface area (Å²) in [6, 6.07) is 0. The van der Waals surface area contributed by atoms with Gasteiger partial charge in [-0.3, -0.25) is 19.4 Å². The number of ether oxygens (including phenoxy) is 3. The summed E-state index contributed by atoms with van der Waals surface area (Å²) < 4.78 is 16.3. The van der Waals surface area contributed by atoms with Crippen molar-refractivity contribution in [2.75, 3.05) is 0 Å². The summed E-state index contributed by atoms with van der Waals surface area (Å²) in [4.78, 5) is 41.0. The Bertz CT molecular complexity index is 967. The summed E-state index contributed by atoms with van der Waals surface area (Å²) in [5.41, 5.74) is 1.32. The van der Waals surface area contributed by atoms with Crippen molar-refractivity contribution in [2.45, 2.75) is 73.0 Å². The number of allylic oxidation sites excluding steroid dienone is 2. The Labute approximate surface area is 202 Å². The van der Waals surface area contributed by atoms with Crippen LogP contribution in [0.2, 0.25) is 0 Å². The Kier molecular flexibility index (Phi) is 12.8. The number of rotatable bonds is 13. The number of esters is 3. The molecule has 0 aliphatic heterocycles. The Hall–Kier alpha value is -3.58. The highest BCUT2D eigenvalue weighted by Crippen LogP contribution is 2.28. The highest BCUT2D eigenvalue weighted by Gasteiger charge is 2.20. The lowest BCUT2D eigenvalue weighted by Crippen LogP contribution is -2.16. The molecule has 1 aromatic heterocycles. The van der Waals surface area contributed by atoms with E-state index in [1.54, 1.807) is 20.8 Å². The van der Waals surface area contributed by atoms with Crippen LogP contribution in [0.4, 0.5) is 0 Å². The molecule has 2 atom stereocenters. The quantitative estimate of drug-likeness (QED) is 0.183. The molecule has 2 unspecified atom stereocenters. The number of aromatic nitrogens is 1. The molecule has 0 saturated heterocycles. The van der Waals surface area contributed by atoms with E-state index in [1.165, 1.54) is 6.20 Å². The minimum Gasteiger partial charge on any atom is -0.461 e. The number of pyridine rings is 1.